The largest absolute Gasteiger partial charge is 0.391 e. The molecule has 1 aromatic carbocycles. The van der Waals surface area contributed by atoms with Crippen LogP contribution in [0.5, 0.6) is 0 Å². The SMILES string of the molecule is Cc1cc(Br)c(N[C@H]2CCCC[C@@H]2O)c(Br)c1. The number of hydrogen-bond donors (Lipinski definition) is 2. The number of aryl methyl sites for hydroxylation is 1. The number of nitrogens with one attached hydrogen (secondary N) is 1. The van der Waals surface area contributed by atoms with Gasteiger partial charge in [0.05, 0.1) is 17.8 Å². The third kappa shape index (κ3) is 3.24. The zero-order valence-corrected chi connectivity index (χ0v) is 13.0. The first kappa shape index (κ1) is 13.4. The van der Waals surface area contributed by atoms with Crippen molar-refractivity contribution in [2.24, 2.45) is 0 Å². The van der Waals surface area contributed by atoms with Crippen LogP contribution in [0.1, 0.15) is 31.2 Å². The maximum atomic E-state index is 9.97. The van der Waals surface area contributed by atoms with Crippen molar-refractivity contribution in [3.63, 3.8) is 0 Å². The van der Waals surface area contributed by atoms with Crippen molar-refractivity contribution < 1.29 is 5.11 Å². The molecule has 0 spiro atoms. The van der Waals surface area contributed by atoms with Gasteiger partial charge in [-0.3, -0.25) is 0 Å². The highest BCUT2D eigenvalue weighted by Crippen LogP contribution is 2.34. The van der Waals surface area contributed by atoms with Gasteiger partial charge >= 0.3 is 0 Å². The van der Waals surface area contributed by atoms with Gasteiger partial charge in [-0.15, -0.1) is 0 Å². The van der Waals surface area contributed by atoms with Gasteiger partial charge in [-0.25, -0.2) is 0 Å². The van der Waals surface area contributed by atoms with Crippen LogP contribution >= 0.6 is 31.9 Å². The number of halogens is 2. The minimum Gasteiger partial charge on any atom is -0.391 e. The van der Waals surface area contributed by atoms with Gasteiger partial charge in [-0.1, -0.05) is 12.8 Å². The Morgan fingerprint density at radius 2 is 1.76 bits per heavy atom. The lowest BCUT2D eigenvalue weighted by Crippen LogP contribution is -2.36. The summed E-state index contributed by atoms with van der Waals surface area (Å²) in [5, 5.41) is 13.4. The van der Waals surface area contributed by atoms with E-state index in [1.165, 1.54) is 12.0 Å². The molecular weight excluding hydrogens is 346 g/mol. The predicted octanol–water partition coefficient (Wildman–Crippen LogP) is 4.24. The number of benzene rings is 1. The fraction of sp³-hybridized carbons (Fsp3) is 0.538. The van der Waals surface area contributed by atoms with E-state index in [9.17, 15) is 5.11 Å². The average molecular weight is 363 g/mol. The topological polar surface area (TPSA) is 32.3 Å². The summed E-state index contributed by atoms with van der Waals surface area (Å²) < 4.78 is 2.09. The molecule has 1 saturated carbocycles. The molecule has 4 heteroatoms. The summed E-state index contributed by atoms with van der Waals surface area (Å²) in [6, 6.07) is 4.34. The van der Waals surface area contributed by atoms with Gasteiger partial charge < -0.3 is 10.4 Å². The van der Waals surface area contributed by atoms with Crippen molar-refractivity contribution in [1.82, 2.24) is 0 Å². The molecule has 1 aliphatic rings. The first-order valence-electron chi connectivity index (χ1n) is 5.98. The normalized spacial score (nSPS) is 24.7. The first-order valence-corrected chi connectivity index (χ1v) is 7.57. The Balaban J connectivity index is 2.17. The Morgan fingerprint density at radius 3 is 2.35 bits per heavy atom. The lowest BCUT2D eigenvalue weighted by molar-refractivity contribution is 0.116. The molecule has 0 unspecified atom stereocenters. The number of aliphatic hydroxyl groups is 1. The van der Waals surface area contributed by atoms with E-state index in [1.807, 2.05) is 0 Å². The van der Waals surface area contributed by atoms with Crippen LogP contribution in [0.3, 0.4) is 0 Å². The summed E-state index contributed by atoms with van der Waals surface area (Å²) in [7, 11) is 0. The fourth-order valence-electron chi connectivity index (χ4n) is 2.30. The molecule has 2 nitrogen and oxygen atoms in total. The van der Waals surface area contributed by atoms with Gasteiger partial charge in [0.1, 0.15) is 0 Å². The molecule has 1 aromatic rings. The van der Waals surface area contributed by atoms with Gasteiger partial charge in [-0.2, -0.15) is 0 Å². The van der Waals surface area contributed by atoms with Crippen molar-refractivity contribution >= 4 is 37.5 Å². The van der Waals surface area contributed by atoms with Crippen LogP contribution in [0.25, 0.3) is 0 Å². The minimum absolute atomic E-state index is 0.166. The quantitative estimate of drug-likeness (QED) is 0.824. The average Bonchev–Trinajstić information content (AvgIpc) is 2.25. The Labute approximate surface area is 119 Å². The van der Waals surface area contributed by atoms with E-state index < -0.39 is 0 Å². The second-order valence-electron chi connectivity index (χ2n) is 4.71. The molecule has 0 amide bonds. The van der Waals surface area contributed by atoms with Crippen LogP contribution in [-0.4, -0.2) is 17.3 Å². The van der Waals surface area contributed by atoms with Crippen molar-refractivity contribution in [3.8, 4) is 0 Å². The van der Waals surface area contributed by atoms with E-state index >= 15 is 0 Å². The molecule has 0 radical (unpaired) electrons. The number of hydrogen-bond acceptors (Lipinski definition) is 2. The molecule has 1 aliphatic carbocycles. The summed E-state index contributed by atoms with van der Waals surface area (Å²) in [5.74, 6) is 0. The van der Waals surface area contributed by atoms with Gasteiger partial charge in [0.25, 0.3) is 0 Å². The lowest BCUT2D eigenvalue weighted by Gasteiger charge is -2.30. The van der Waals surface area contributed by atoms with Crippen molar-refractivity contribution in [1.29, 1.82) is 0 Å². The van der Waals surface area contributed by atoms with Crippen molar-refractivity contribution in [2.45, 2.75) is 44.8 Å². The third-order valence-corrected chi connectivity index (χ3v) is 4.50. The molecular formula is C13H17Br2NO. The molecule has 2 rings (SSSR count). The fourth-order valence-corrected chi connectivity index (χ4v) is 3.95. The van der Waals surface area contributed by atoms with Crippen LogP contribution in [0.15, 0.2) is 21.1 Å². The lowest BCUT2D eigenvalue weighted by atomic mass is 9.92. The zero-order valence-electron chi connectivity index (χ0n) is 9.84. The Hall–Kier alpha value is -0.0600. The number of aliphatic hydroxyl groups excluding tert-OH is 1. The Bertz CT molecular complexity index is 385. The van der Waals surface area contributed by atoms with Gasteiger partial charge in [-0.05, 0) is 69.3 Å². The van der Waals surface area contributed by atoms with E-state index in [4.69, 9.17) is 0 Å². The molecule has 0 aromatic heterocycles. The molecule has 2 N–H and O–H groups in total. The van der Waals surface area contributed by atoms with Crippen molar-refractivity contribution in [3.05, 3.63) is 26.6 Å². The number of rotatable bonds is 2. The molecule has 0 aliphatic heterocycles. The molecule has 0 bridgehead atoms. The van der Waals surface area contributed by atoms with Gasteiger partial charge in [0, 0.05) is 8.95 Å². The molecule has 0 saturated heterocycles. The predicted molar refractivity (Wildman–Crippen MR) is 78.5 cm³/mol. The summed E-state index contributed by atoms with van der Waals surface area (Å²) in [6.45, 7) is 2.06. The van der Waals surface area contributed by atoms with Crippen LogP contribution in [0.4, 0.5) is 5.69 Å². The second-order valence-corrected chi connectivity index (χ2v) is 6.41. The molecule has 94 valence electrons. The summed E-state index contributed by atoms with van der Waals surface area (Å²) >= 11 is 7.14. The number of anilines is 1. The summed E-state index contributed by atoms with van der Waals surface area (Å²) in [4.78, 5) is 0. The summed E-state index contributed by atoms with van der Waals surface area (Å²) in [5.41, 5.74) is 2.25. The van der Waals surface area contributed by atoms with Gasteiger partial charge in [0.2, 0.25) is 0 Å². The summed E-state index contributed by atoms with van der Waals surface area (Å²) in [6.07, 6.45) is 4.03. The van der Waals surface area contributed by atoms with Crippen LogP contribution in [-0.2, 0) is 0 Å². The standard InChI is InChI=1S/C13H17Br2NO/c1-8-6-9(14)13(10(15)7-8)16-11-4-2-3-5-12(11)17/h6-7,11-12,16-17H,2-5H2,1H3/t11-,12-/m0/s1. The molecule has 1 fully saturated rings. The molecule has 17 heavy (non-hydrogen) atoms. The minimum atomic E-state index is -0.233. The van der Waals surface area contributed by atoms with Crippen LogP contribution in [0, 0.1) is 6.92 Å². The van der Waals surface area contributed by atoms with E-state index in [-0.39, 0.29) is 12.1 Å². The highest BCUT2D eigenvalue weighted by Gasteiger charge is 2.23. The Morgan fingerprint density at radius 1 is 1.18 bits per heavy atom. The Kier molecular flexibility index (Phi) is 4.50. The van der Waals surface area contributed by atoms with E-state index in [1.54, 1.807) is 0 Å². The van der Waals surface area contributed by atoms with E-state index in [2.05, 4.69) is 56.2 Å². The second kappa shape index (κ2) is 5.72. The van der Waals surface area contributed by atoms with Crippen molar-refractivity contribution in [2.75, 3.05) is 5.32 Å². The maximum absolute atomic E-state index is 9.97. The molecule has 2 atom stereocenters. The monoisotopic (exact) mass is 361 g/mol. The third-order valence-electron chi connectivity index (χ3n) is 3.25. The van der Waals surface area contributed by atoms with E-state index in [0.29, 0.717) is 0 Å². The smallest absolute Gasteiger partial charge is 0.0741 e. The highest BCUT2D eigenvalue weighted by atomic mass is 79.9. The molecule has 0 heterocycles. The first-order chi connectivity index (χ1) is 8.08. The van der Waals surface area contributed by atoms with Gasteiger partial charge in [0.15, 0.2) is 0 Å². The van der Waals surface area contributed by atoms with Crippen LogP contribution in [0.2, 0.25) is 0 Å². The maximum Gasteiger partial charge on any atom is 0.0741 e. The zero-order chi connectivity index (χ0) is 12.4. The highest BCUT2D eigenvalue weighted by molar-refractivity contribution is 9.11. The van der Waals surface area contributed by atoms with Crippen LogP contribution < -0.4 is 5.32 Å². The van der Waals surface area contributed by atoms with E-state index in [0.717, 1.165) is 33.9 Å².